The average Bonchev–Trinajstić information content (AvgIpc) is 2.16. The van der Waals surface area contributed by atoms with Crippen LogP contribution in [-0.4, -0.2) is 46.7 Å². The quantitative estimate of drug-likeness (QED) is 0.858. The van der Waals surface area contributed by atoms with Crippen LogP contribution in [0.2, 0.25) is 10.0 Å². The Morgan fingerprint density at radius 1 is 1.50 bits per heavy atom. The predicted octanol–water partition coefficient (Wildman–Crippen LogP) is 2.59. The Morgan fingerprint density at radius 3 is 2.56 bits per heavy atom. The van der Waals surface area contributed by atoms with E-state index in [1.165, 1.54) is 6.07 Å². The second-order valence-corrected chi connectivity index (χ2v) is 3.77. The molecule has 0 aliphatic rings. The molecule has 16 heavy (non-hydrogen) atoms. The van der Waals surface area contributed by atoms with E-state index in [2.05, 4.69) is 0 Å². The fraction of sp³-hybridized carbons (Fsp3) is 0.300. The van der Waals surface area contributed by atoms with E-state index >= 15 is 0 Å². The van der Waals surface area contributed by atoms with Gasteiger partial charge in [0.25, 0.3) is 0 Å². The van der Waals surface area contributed by atoms with Crippen LogP contribution >= 0.6 is 23.2 Å². The molecule has 1 rings (SSSR count). The molecule has 0 fully saturated rings. The van der Waals surface area contributed by atoms with Crippen LogP contribution in [0.4, 0.5) is 0 Å². The molecule has 1 aromatic rings. The molecule has 0 amide bonds. The Hall–Kier alpha value is 0.0700. The molecule has 0 heterocycles. The van der Waals surface area contributed by atoms with Crippen molar-refractivity contribution in [1.29, 1.82) is 0 Å². The third-order valence-electron chi connectivity index (χ3n) is 1.81. The van der Waals surface area contributed by atoms with Gasteiger partial charge in [-0.25, -0.2) is 4.79 Å². The SMILES string of the molecule is CCC(Oc1ccc(Cl)cc1Cl)C(=O)O.[NaH]. The van der Waals surface area contributed by atoms with Crippen molar-refractivity contribution < 1.29 is 14.6 Å². The Labute approximate surface area is 126 Å². The minimum atomic E-state index is -1.01. The van der Waals surface area contributed by atoms with Gasteiger partial charge in [-0.2, -0.15) is 0 Å². The van der Waals surface area contributed by atoms with E-state index in [-0.39, 0.29) is 29.6 Å². The van der Waals surface area contributed by atoms with Crippen LogP contribution in [0.15, 0.2) is 18.2 Å². The third-order valence-corrected chi connectivity index (χ3v) is 2.34. The average molecular weight is 273 g/mol. The molecule has 0 spiro atoms. The maximum atomic E-state index is 10.7. The zero-order chi connectivity index (χ0) is 11.4. The second-order valence-electron chi connectivity index (χ2n) is 2.93. The number of hydrogen-bond donors (Lipinski definition) is 1. The number of carboxylic acids is 1. The van der Waals surface area contributed by atoms with Crippen molar-refractivity contribution in [3.63, 3.8) is 0 Å². The van der Waals surface area contributed by atoms with E-state index in [0.717, 1.165) is 0 Å². The van der Waals surface area contributed by atoms with Gasteiger partial charge in [0.1, 0.15) is 5.75 Å². The van der Waals surface area contributed by atoms with Crippen molar-refractivity contribution in [3.05, 3.63) is 28.2 Å². The Kier molecular flexibility index (Phi) is 7.44. The molecule has 1 N–H and O–H groups in total. The fourth-order valence-corrected chi connectivity index (χ4v) is 1.49. The van der Waals surface area contributed by atoms with Gasteiger partial charge in [0.15, 0.2) is 6.10 Å². The van der Waals surface area contributed by atoms with Crippen molar-refractivity contribution in [2.45, 2.75) is 19.4 Å². The van der Waals surface area contributed by atoms with Gasteiger partial charge < -0.3 is 9.84 Å². The van der Waals surface area contributed by atoms with Crippen molar-refractivity contribution in [2.24, 2.45) is 0 Å². The van der Waals surface area contributed by atoms with E-state index in [9.17, 15) is 4.79 Å². The maximum absolute atomic E-state index is 10.7. The summed E-state index contributed by atoms with van der Waals surface area (Å²) in [6, 6.07) is 4.65. The summed E-state index contributed by atoms with van der Waals surface area (Å²) in [6.45, 7) is 1.72. The van der Waals surface area contributed by atoms with Crippen LogP contribution in [0.3, 0.4) is 0 Å². The number of carbonyl (C=O) groups is 1. The van der Waals surface area contributed by atoms with Gasteiger partial charge in [-0.05, 0) is 24.6 Å². The van der Waals surface area contributed by atoms with Gasteiger partial charge in [-0.1, -0.05) is 30.1 Å². The van der Waals surface area contributed by atoms with Gasteiger partial charge in [0.05, 0.1) is 5.02 Å². The second kappa shape index (κ2) is 7.41. The summed E-state index contributed by atoms with van der Waals surface area (Å²) in [5, 5.41) is 9.58. The molecule has 0 aliphatic carbocycles. The minimum absolute atomic E-state index is 0. The third kappa shape index (κ3) is 4.52. The van der Waals surface area contributed by atoms with Gasteiger partial charge in [0, 0.05) is 5.02 Å². The normalized spacial score (nSPS) is 11.4. The molecule has 0 bridgehead atoms. The first-order valence-electron chi connectivity index (χ1n) is 4.39. The zero-order valence-corrected chi connectivity index (χ0v) is 9.55. The molecule has 1 atom stereocenters. The molecular weight excluding hydrogens is 262 g/mol. The van der Waals surface area contributed by atoms with Crippen LogP contribution in [-0.2, 0) is 4.79 Å². The number of hydrogen-bond acceptors (Lipinski definition) is 2. The Morgan fingerprint density at radius 2 is 2.12 bits per heavy atom. The number of benzene rings is 1. The number of halogens is 2. The van der Waals surface area contributed by atoms with Crippen LogP contribution in [0, 0.1) is 0 Å². The zero-order valence-electron chi connectivity index (χ0n) is 8.04. The standard InChI is InChI=1S/C10H10Cl2O3.Na.H/c1-2-8(10(13)14)15-9-4-3-6(11)5-7(9)12;;/h3-5,8H,2H2,1H3,(H,13,14);;. The molecule has 3 nitrogen and oxygen atoms in total. The molecule has 0 aromatic heterocycles. The molecule has 1 unspecified atom stereocenters. The van der Waals surface area contributed by atoms with E-state index in [1.807, 2.05) is 0 Å². The van der Waals surface area contributed by atoms with Gasteiger partial charge in [0.2, 0.25) is 0 Å². The summed E-state index contributed by atoms with van der Waals surface area (Å²) in [5.74, 6) is -0.682. The van der Waals surface area contributed by atoms with Gasteiger partial charge in [-0.15, -0.1) is 0 Å². The number of ether oxygens (including phenoxy) is 1. The summed E-state index contributed by atoms with van der Waals surface area (Å²) in [7, 11) is 0. The van der Waals surface area contributed by atoms with E-state index < -0.39 is 12.1 Å². The molecule has 84 valence electrons. The molecule has 0 aliphatic heterocycles. The van der Waals surface area contributed by atoms with Gasteiger partial charge in [-0.3, -0.25) is 0 Å². The van der Waals surface area contributed by atoms with Crippen molar-refractivity contribution >= 4 is 58.7 Å². The van der Waals surface area contributed by atoms with Crippen molar-refractivity contribution in [2.75, 3.05) is 0 Å². The molecule has 0 saturated carbocycles. The first kappa shape index (κ1) is 16.1. The van der Waals surface area contributed by atoms with E-state index in [4.69, 9.17) is 33.0 Å². The van der Waals surface area contributed by atoms with Crippen LogP contribution < -0.4 is 4.74 Å². The van der Waals surface area contributed by atoms with Crippen LogP contribution in [0.1, 0.15) is 13.3 Å². The summed E-state index contributed by atoms with van der Waals surface area (Å²) >= 11 is 11.5. The first-order valence-corrected chi connectivity index (χ1v) is 5.14. The number of rotatable bonds is 4. The van der Waals surface area contributed by atoms with E-state index in [1.54, 1.807) is 19.1 Å². The Balaban J connectivity index is 0.00000225. The molecule has 0 radical (unpaired) electrons. The van der Waals surface area contributed by atoms with Crippen LogP contribution in [0.5, 0.6) is 5.75 Å². The van der Waals surface area contributed by atoms with Crippen molar-refractivity contribution in [3.8, 4) is 5.75 Å². The molecular formula is C10H11Cl2NaO3. The predicted molar refractivity (Wildman–Crippen MR) is 66.0 cm³/mol. The topological polar surface area (TPSA) is 46.5 Å². The first-order chi connectivity index (χ1) is 7.04. The summed E-state index contributed by atoms with van der Waals surface area (Å²) in [5.41, 5.74) is 0. The summed E-state index contributed by atoms with van der Waals surface area (Å²) in [4.78, 5) is 10.7. The molecule has 0 saturated heterocycles. The summed E-state index contributed by atoms with van der Waals surface area (Å²) in [6.07, 6.45) is -0.516. The van der Waals surface area contributed by atoms with Gasteiger partial charge >= 0.3 is 35.5 Å². The summed E-state index contributed by atoms with van der Waals surface area (Å²) < 4.78 is 5.22. The van der Waals surface area contributed by atoms with Crippen molar-refractivity contribution in [1.82, 2.24) is 0 Å². The van der Waals surface area contributed by atoms with Crippen LogP contribution in [0.25, 0.3) is 0 Å². The monoisotopic (exact) mass is 272 g/mol. The van der Waals surface area contributed by atoms with E-state index in [0.29, 0.717) is 22.2 Å². The molecule has 6 heteroatoms. The number of aliphatic carboxylic acids is 1. The Bertz CT molecular complexity index is 371. The fourth-order valence-electron chi connectivity index (χ4n) is 1.03. The molecule has 1 aromatic carbocycles. The number of carboxylic acid groups (broad SMARTS) is 1.